The summed E-state index contributed by atoms with van der Waals surface area (Å²) >= 11 is 0. The first-order valence-corrected chi connectivity index (χ1v) is 7.51. The summed E-state index contributed by atoms with van der Waals surface area (Å²) in [5.41, 5.74) is -0.179. The molecule has 2 aromatic rings. The predicted molar refractivity (Wildman–Crippen MR) is 81.3 cm³/mol. The number of alkyl carbamates (subject to hydrolysis) is 1. The molecule has 23 heavy (non-hydrogen) atoms. The van der Waals surface area contributed by atoms with E-state index in [0.29, 0.717) is 17.5 Å². The van der Waals surface area contributed by atoms with Crippen LogP contribution in [0.4, 0.5) is 18.0 Å². The maximum Gasteiger partial charge on any atom is 0.431 e. The fraction of sp³-hybridized carbons (Fsp3) is 0.438. The van der Waals surface area contributed by atoms with Crippen LogP contribution in [0, 0.1) is 0 Å². The summed E-state index contributed by atoms with van der Waals surface area (Å²) < 4.78 is 44.3. The Morgan fingerprint density at radius 2 is 2.04 bits per heavy atom. The van der Waals surface area contributed by atoms with Gasteiger partial charge in [-0.3, -0.25) is 0 Å². The highest BCUT2D eigenvalue weighted by molar-refractivity contribution is 5.85. The van der Waals surface area contributed by atoms with Crippen LogP contribution in [-0.4, -0.2) is 24.2 Å². The Kier molecular flexibility index (Phi) is 5.52. The number of benzene rings is 1. The van der Waals surface area contributed by atoms with Gasteiger partial charge in [0.15, 0.2) is 0 Å². The molecule has 0 saturated heterocycles. The number of hydrogen-bond acceptors (Lipinski definition) is 2. The third-order valence-corrected chi connectivity index (χ3v) is 3.47. The van der Waals surface area contributed by atoms with Gasteiger partial charge in [0.05, 0.1) is 6.61 Å². The highest BCUT2D eigenvalue weighted by atomic mass is 19.4. The molecule has 0 atom stereocenters. The number of fused-ring (bicyclic) bond motifs is 1. The monoisotopic (exact) mass is 328 g/mol. The smallest absolute Gasteiger partial charge is 0.431 e. The number of halogens is 3. The Bertz CT molecular complexity index is 665. The number of para-hydroxylation sites is 1. The molecular weight excluding hydrogens is 309 g/mol. The molecule has 0 unspecified atom stereocenters. The van der Waals surface area contributed by atoms with Gasteiger partial charge < -0.3 is 15.0 Å². The number of carbonyl (C=O) groups is 1. The third-order valence-electron chi connectivity index (χ3n) is 3.47. The average molecular weight is 328 g/mol. The summed E-state index contributed by atoms with van der Waals surface area (Å²) in [5, 5.41) is 3.00. The molecule has 126 valence electrons. The first-order valence-electron chi connectivity index (χ1n) is 7.51. The summed E-state index contributed by atoms with van der Waals surface area (Å²) in [5.74, 6) is 0. The van der Waals surface area contributed by atoms with Crippen LogP contribution in [-0.2, 0) is 17.3 Å². The van der Waals surface area contributed by atoms with Crippen molar-refractivity contribution in [3.8, 4) is 0 Å². The second-order valence-electron chi connectivity index (χ2n) is 5.19. The van der Waals surface area contributed by atoms with Crippen LogP contribution in [0.2, 0.25) is 0 Å². The van der Waals surface area contributed by atoms with Crippen LogP contribution in [0.1, 0.15) is 31.0 Å². The Morgan fingerprint density at radius 3 is 2.74 bits per heavy atom. The van der Waals surface area contributed by atoms with E-state index >= 15 is 0 Å². The largest absolute Gasteiger partial charge is 0.450 e. The van der Waals surface area contributed by atoms with E-state index in [1.807, 2.05) is 6.92 Å². The number of unbranched alkanes of at least 4 members (excludes halogenated alkanes) is 1. The van der Waals surface area contributed by atoms with Gasteiger partial charge in [-0.15, -0.1) is 0 Å². The molecule has 2 N–H and O–H groups in total. The van der Waals surface area contributed by atoms with Crippen LogP contribution in [0.15, 0.2) is 24.3 Å². The lowest BCUT2D eigenvalue weighted by Gasteiger charge is -2.09. The molecule has 1 amide bonds. The molecular formula is C16H19F3N2O2. The lowest BCUT2D eigenvalue weighted by atomic mass is 10.1. The van der Waals surface area contributed by atoms with Crippen LogP contribution in [0.25, 0.3) is 10.9 Å². The molecule has 0 aliphatic rings. The molecule has 1 aromatic heterocycles. The van der Waals surface area contributed by atoms with Crippen molar-refractivity contribution in [3.63, 3.8) is 0 Å². The molecule has 0 radical (unpaired) electrons. The molecule has 0 saturated carbocycles. The second-order valence-corrected chi connectivity index (χ2v) is 5.19. The molecule has 1 aromatic carbocycles. The number of rotatable bonds is 6. The van der Waals surface area contributed by atoms with Crippen molar-refractivity contribution in [2.75, 3.05) is 13.2 Å². The number of aromatic amines is 1. The molecule has 4 nitrogen and oxygen atoms in total. The molecule has 1 heterocycles. The highest BCUT2D eigenvalue weighted by Gasteiger charge is 2.36. The van der Waals surface area contributed by atoms with Gasteiger partial charge in [0.2, 0.25) is 0 Å². The third kappa shape index (κ3) is 4.40. The first kappa shape index (κ1) is 17.2. The van der Waals surface area contributed by atoms with Crippen molar-refractivity contribution < 1.29 is 22.7 Å². The lowest BCUT2D eigenvalue weighted by molar-refractivity contribution is -0.141. The fourth-order valence-corrected chi connectivity index (χ4v) is 2.35. The summed E-state index contributed by atoms with van der Waals surface area (Å²) in [7, 11) is 0. The number of H-pyrrole nitrogens is 1. The van der Waals surface area contributed by atoms with Crippen molar-refractivity contribution in [1.82, 2.24) is 10.3 Å². The minimum absolute atomic E-state index is 0.0712. The molecule has 0 aliphatic heterocycles. The SMILES string of the molecule is CCCCOC(=O)NCCc1c(C(F)(F)F)[nH]c2ccccc12. The van der Waals surface area contributed by atoms with Crippen molar-refractivity contribution in [1.29, 1.82) is 0 Å². The number of amides is 1. The van der Waals surface area contributed by atoms with Gasteiger partial charge in [-0.1, -0.05) is 31.5 Å². The van der Waals surface area contributed by atoms with E-state index in [2.05, 4.69) is 10.3 Å². The molecule has 0 bridgehead atoms. The normalized spacial score (nSPS) is 11.7. The maximum atomic E-state index is 13.1. The number of hydrogen-bond donors (Lipinski definition) is 2. The van der Waals surface area contributed by atoms with E-state index in [-0.39, 0.29) is 18.5 Å². The van der Waals surface area contributed by atoms with Gasteiger partial charge in [-0.25, -0.2) is 4.79 Å². The summed E-state index contributed by atoms with van der Waals surface area (Å²) in [6.07, 6.45) is -3.34. The van der Waals surface area contributed by atoms with Gasteiger partial charge in [0.25, 0.3) is 0 Å². The quantitative estimate of drug-likeness (QED) is 0.779. The van der Waals surface area contributed by atoms with Crippen LogP contribution in [0.3, 0.4) is 0 Å². The maximum absolute atomic E-state index is 13.1. The van der Waals surface area contributed by atoms with Crippen molar-refractivity contribution in [2.24, 2.45) is 0 Å². The Labute approximate surface area is 132 Å². The molecule has 0 fully saturated rings. The van der Waals surface area contributed by atoms with E-state index in [4.69, 9.17) is 4.74 Å². The zero-order valence-electron chi connectivity index (χ0n) is 12.8. The summed E-state index contributed by atoms with van der Waals surface area (Å²) in [6, 6.07) is 6.59. The van der Waals surface area contributed by atoms with E-state index in [1.165, 1.54) is 0 Å². The second kappa shape index (κ2) is 7.39. The van der Waals surface area contributed by atoms with E-state index in [0.717, 1.165) is 12.8 Å². The Morgan fingerprint density at radius 1 is 1.30 bits per heavy atom. The number of ether oxygens (including phenoxy) is 1. The zero-order chi connectivity index (χ0) is 16.9. The number of carbonyl (C=O) groups excluding carboxylic acids is 1. The molecule has 2 rings (SSSR count). The molecule has 7 heteroatoms. The van der Waals surface area contributed by atoms with Crippen molar-refractivity contribution in [2.45, 2.75) is 32.4 Å². The average Bonchev–Trinajstić information content (AvgIpc) is 2.87. The number of alkyl halides is 3. The van der Waals surface area contributed by atoms with Crippen molar-refractivity contribution >= 4 is 17.0 Å². The Hall–Kier alpha value is -2.18. The van der Waals surface area contributed by atoms with Crippen LogP contribution in [0.5, 0.6) is 0 Å². The van der Waals surface area contributed by atoms with Gasteiger partial charge >= 0.3 is 12.3 Å². The van der Waals surface area contributed by atoms with Gasteiger partial charge in [0.1, 0.15) is 5.69 Å². The van der Waals surface area contributed by atoms with E-state index in [1.54, 1.807) is 24.3 Å². The van der Waals surface area contributed by atoms with Crippen LogP contribution >= 0.6 is 0 Å². The van der Waals surface area contributed by atoms with Gasteiger partial charge in [-0.05, 0) is 24.5 Å². The highest BCUT2D eigenvalue weighted by Crippen LogP contribution is 2.35. The number of aromatic nitrogens is 1. The van der Waals surface area contributed by atoms with Gasteiger partial charge in [0, 0.05) is 17.4 Å². The number of nitrogens with one attached hydrogen (secondary N) is 2. The Balaban J connectivity index is 2.06. The van der Waals surface area contributed by atoms with Gasteiger partial charge in [-0.2, -0.15) is 13.2 Å². The zero-order valence-corrected chi connectivity index (χ0v) is 12.8. The fourth-order valence-electron chi connectivity index (χ4n) is 2.35. The molecule has 0 aliphatic carbocycles. The first-order chi connectivity index (χ1) is 10.9. The van der Waals surface area contributed by atoms with Crippen LogP contribution < -0.4 is 5.32 Å². The minimum Gasteiger partial charge on any atom is -0.450 e. The van der Waals surface area contributed by atoms with E-state index < -0.39 is 18.0 Å². The predicted octanol–water partition coefficient (Wildman–Crippen LogP) is 4.26. The summed E-state index contributed by atoms with van der Waals surface area (Å²) in [4.78, 5) is 13.8. The minimum atomic E-state index is -4.46. The summed E-state index contributed by atoms with van der Waals surface area (Å²) in [6.45, 7) is 2.36. The lowest BCUT2D eigenvalue weighted by Crippen LogP contribution is -2.27. The van der Waals surface area contributed by atoms with Crippen molar-refractivity contribution in [3.05, 3.63) is 35.5 Å². The molecule has 0 spiro atoms. The topological polar surface area (TPSA) is 54.1 Å². The van der Waals surface area contributed by atoms with E-state index in [9.17, 15) is 18.0 Å². The standard InChI is InChI=1S/C16H19F3N2O2/c1-2-3-10-23-15(22)20-9-8-12-11-6-4-5-7-13(11)21-14(12)16(17,18)19/h4-7,21H,2-3,8-10H2,1H3,(H,20,22).